The smallest absolute Gasteiger partial charge is 0.266 e. The number of rotatable bonds is 7. The predicted molar refractivity (Wildman–Crippen MR) is 86.9 cm³/mol. The van der Waals surface area contributed by atoms with Crippen LogP contribution in [-0.4, -0.2) is 47.3 Å². The highest BCUT2D eigenvalue weighted by Crippen LogP contribution is 2.20. The van der Waals surface area contributed by atoms with Gasteiger partial charge in [0.1, 0.15) is 11.6 Å². The van der Waals surface area contributed by atoms with Crippen molar-refractivity contribution in [2.45, 2.75) is 6.92 Å². The summed E-state index contributed by atoms with van der Waals surface area (Å²) < 4.78 is 0.938. The molecule has 0 fully saturated rings. The molecule has 1 amide bonds. The highest BCUT2D eigenvalue weighted by molar-refractivity contribution is 9.10. The molecule has 0 spiro atoms. The number of aryl methyl sites for hydroxylation is 1. The van der Waals surface area contributed by atoms with Crippen LogP contribution in [-0.2, 0) is 4.79 Å². The maximum absolute atomic E-state index is 12.2. The van der Waals surface area contributed by atoms with Gasteiger partial charge in [0.2, 0.25) is 0 Å². The highest BCUT2D eigenvalue weighted by atomic mass is 79.9. The van der Waals surface area contributed by atoms with E-state index in [4.69, 9.17) is 15.5 Å². The van der Waals surface area contributed by atoms with Crippen molar-refractivity contribution in [3.63, 3.8) is 0 Å². The van der Waals surface area contributed by atoms with Gasteiger partial charge in [0.25, 0.3) is 5.91 Å². The first-order valence-corrected chi connectivity index (χ1v) is 7.46. The fraction of sp³-hybridized carbons (Fsp3) is 0.333. The SMILES string of the molecule is Cc1cc(Br)ccc1N/C=C(/C#N)C(=O)N(CCO)CCO. The number of carbonyl (C=O) groups is 1. The molecule has 0 saturated heterocycles. The summed E-state index contributed by atoms with van der Waals surface area (Å²) in [6, 6.07) is 7.42. The van der Waals surface area contributed by atoms with Gasteiger partial charge in [0.05, 0.1) is 13.2 Å². The third-order valence-electron chi connectivity index (χ3n) is 2.94. The summed E-state index contributed by atoms with van der Waals surface area (Å²) in [6.45, 7) is 1.57. The van der Waals surface area contributed by atoms with Gasteiger partial charge in [-0.25, -0.2) is 0 Å². The van der Waals surface area contributed by atoms with Crippen molar-refractivity contribution in [3.8, 4) is 6.07 Å². The van der Waals surface area contributed by atoms with Crippen LogP contribution < -0.4 is 5.32 Å². The van der Waals surface area contributed by atoms with Crippen LogP contribution in [0.1, 0.15) is 5.56 Å². The van der Waals surface area contributed by atoms with E-state index in [1.807, 2.05) is 31.2 Å². The molecule has 6 nitrogen and oxygen atoms in total. The number of nitrogens with one attached hydrogen (secondary N) is 1. The zero-order chi connectivity index (χ0) is 16.5. The van der Waals surface area contributed by atoms with Gasteiger partial charge < -0.3 is 20.4 Å². The van der Waals surface area contributed by atoms with Crippen molar-refractivity contribution in [1.82, 2.24) is 4.90 Å². The standard InChI is InChI=1S/C15H18BrN3O3/c1-11-8-13(16)2-3-14(11)18-10-12(9-17)15(22)19(4-6-20)5-7-21/h2-3,8,10,18,20-21H,4-7H2,1H3/b12-10-. The van der Waals surface area contributed by atoms with E-state index in [0.29, 0.717) is 0 Å². The van der Waals surface area contributed by atoms with E-state index in [1.54, 1.807) is 0 Å². The summed E-state index contributed by atoms with van der Waals surface area (Å²) in [5.41, 5.74) is 1.64. The number of nitrogens with zero attached hydrogens (tertiary/aromatic N) is 2. The molecular formula is C15H18BrN3O3. The zero-order valence-corrected chi connectivity index (χ0v) is 13.8. The molecule has 0 bridgehead atoms. The Hall–Kier alpha value is -1.88. The van der Waals surface area contributed by atoms with E-state index in [9.17, 15) is 4.79 Å². The molecule has 0 atom stereocenters. The first-order chi connectivity index (χ1) is 10.5. The van der Waals surface area contributed by atoms with Crippen LogP contribution in [0.25, 0.3) is 0 Å². The Bertz CT molecular complexity index is 590. The van der Waals surface area contributed by atoms with Crippen molar-refractivity contribution in [2.24, 2.45) is 0 Å². The van der Waals surface area contributed by atoms with Crippen LogP contribution in [0.4, 0.5) is 5.69 Å². The summed E-state index contributed by atoms with van der Waals surface area (Å²) in [7, 11) is 0. The lowest BCUT2D eigenvalue weighted by Gasteiger charge is -2.20. The molecule has 0 aromatic heterocycles. The lowest BCUT2D eigenvalue weighted by Crippen LogP contribution is -2.36. The minimum Gasteiger partial charge on any atom is -0.395 e. The molecule has 7 heteroatoms. The van der Waals surface area contributed by atoms with Crippen LogP contribution in [0.15, 0.2) is 34.4 Å². The average Bonchev–Trinajstić information content (AvgIpc) is 2.49. The minimum absolute atomic E-state index is 0.0652. The van der Waals surface area contributed by atoms with E-state index in [0.717, 1.165) is 15.7 Å². The number of amides is 1. The topological polar surface area (TPSA) is 96.6 Å². The summed E-state index contributed by atoms with van der Waals surface area (Å²) >= 11 is 3.36. The van der Waals surface area contributed by atoms with Gasteiger partial charge in [-0.05, 0) is 30.7 Å². The van der Waals surface area contributed by atoms with Gasteiger partial charge in [-0.3, -0.25) is 4.79 Å². The fourth-order valence-corrected chi connectivity index (χ4v) is 2.28. The number of benzene rings is 1. The highest BCUT2D eigenvalue weighted by Gasteiger charge is 2.17. The normalized spacial score (nSPS) is 11.0. The lowest BCUT2D eigenvalue weighted by atomic mass is 10.2. The summed E-state index contributed by atoms with van der Waals surface area (Å²) in [5, 5.41) is 29.9. The Morgan fingerprint density at radius 2 is 2.05 bits per heavy atom. The molecule has 0 aliphatic rings. The minimum atomic E-state index is -0.534. The number of hydrogen-bond donors (Lipinski definition) is 3. The molecular weight excluding hydrogens is 350 g/mol. The molecule has 0 unspecified atom stereocenters. The van der Waals surface area contributed by atoms with Gasteiger partial charge >= 0.3 is 0 Å². The number of anilines is 1. The lowest BCUT2D eigenvalue weighted by molar-refractivity contribution is -0.127. The maximum Gasteiger partial charge on any atom is 0.266 e. The number of aliphatic hydroxyl groups excluding tert-OH is 2. The summed E-state index contributed by atoms with van der Waals surface area (Å²) in [5.74, 6) is -0.534. The van der Waals surface area contributed by atoms with Gasteiger partial charge in [-0.2, -0.15) is 5.26 Å². The number of nitriles is 1. The molecule has 0 aliphatic carbocycles. The number of hydrogen-bond acceptors (Lipinski definition) is 5. The fourth-order valence-electron chi connectivity index (χ4n) is 1.81. The second-order valence-electron chi connectivity index (χ2n) is 4.51. The Labute approximate surface area is 137 Å². The van der Waals surface area contributed by atoms with Crippen molar-refractivity contribution in [1.29, 1.82) is 5.26 Å². The zero-order valence-electron chi connectivity index (χ0n) is 12.2. The van der Waals surface area contributed by atoms with E-state index in [1.165, 1.54) is 11.1 Å². The Morgan fingerprint density at radius 3 is 2.55 bits per heavy atom. The Balaban J connectivity index is 2.89. The van der Waals surface area contributed by atoms with E-state index >= 15 is 0 Å². The molecule has 1 rings (SSSR count). The third kappa shape index (κ3) is 5.15. The molecule has 0 aliphatic heterocycles. The molecule has 0 radical (unpaired) electrons. The van der Waals surface area contributed by atoms with Gasteiger partial charge in [0, 0.05) is 29.4 Å². The second-order valence-corrected chi connectivity index (χ2v) is 5.43. The molecule has 1 aromatic carbocycles. The van der Waals surface area contributed by atoms with Crippen molar-refractivity contribution < 1.29 is 15.0 Å². The van der Waals surface area contributed by atoms with E-state index in [-0.39, 0.29) is 31.9 Å². The Kier molecular flexibility index (Phi) is 7.60. The van der Waals surface area contributed by atoms with Crippen molar-refractivity contribution in [3.05, 3.63) is 40.0 Å². The summed E-state index contributed by atoms with van der Waals surface area (Å²) in [6.07, 6.45) is 1.33. The van der Waals surface area contributed by atoms with E-state index < -0.39 is 5.91 Å². The quantitative estimate of drug-likeness (QED) is 0.499. The third-order valence-corrected chi connectivity index (χ3v) is 3.43. The van der Waals surface area contributed by atoms with Crippen LogP contribution >= 0.6 is 15.9 Å². The second kappa shape index (κ2) is 9.20. The average molecular weight is 368 g/mol. The summed E-state index contributed by atoms with van der Waals surface area (Å²) in [4.78, 5) is 13.4. The van der Waals surface area contributed by atoms with E-state index in [2.05, 4.69) is 21.2 Å². The number of carbonyl (C=O) groups excluding carboxylic acids is 1. The molecule has 22 heavy (non-hydrogen) atoms. The van der Waals surface area contributed by atoms with Crippen LogP contribution in [0.3, 0.4) is 0 Å². The predicted octanol–water partition coefficient (Wildman–Crippen LogP) is 1.39. The molecule has 118 valence electrons. The van der Waals surface area contributed by atoms with Crippen LogP contribution in [0.2, 0.25) is 0 Å². The monoisotopic (exact) mass is 367 g/mol. The van der Waals surface area contributed by atoms with Crippen LogP contribution in [0.5, 0.6) is 0 Å². The molecule has 1 aromatic rings. The first-order valence-electron chi connectivity index (χ1n) is 6.67. The van der Waals surface area contributed by atoms with Crippen molar-refractivity contribution in [2.75, 3.05) is 31.6 Å². The molecule has 0 heterocycles. The number of halogens is 1. The van der Waals surface area contributed by atoms with Gasteiger partial charge in [0.15, 0.2) is 0 Å². The molecule has 3 N–H and O–H groups in total. The maximum atomic E-state index is 12.2. The number of aliphatic hydroxyl groups is 2. The van der Waals surface area contributed by atoms with Crippen LogP contribution in [0, 0.1) is 18.3 Å². The van der Waals surface area contributed by atoms with Gasteiger partial charge in [-0.1, -0.05) is 15.9 Å². The molecule has 0 saturated carbocycles. The largest absolute Gasteiger partial charge is 0.395 e. The van der Waals surface area contributed by atoms with Gasteiger partial charge in [-0.15, -0.1) is 0 Å². The van der Waals surface area contributed by atoms with Crippen molar-refractivity contribution >= 4 is 27.5 Å². The first kappa shape index (κ1) is 18.2. The Morgan fingerprint density at radius 1 is 1.41 bits per heavy atom.